The van der Waals surface area contributed by atoms with Crippen LogP contribution < -0.4 is 10.6 Å². The van der Waals surface area contributed by atoms with Gasteiger partial charge in [-0.15, -0.1) is 0 Å². The molecule has 2 aromatic rings. The molecule has 32 heavy (non-hydrogen) atoms. The Morgan fingerprint density at radius 2 is 1.88 bits per heavy atom. The summed E-state index contributed by atoms with van der Waals surface area (Å²) in [5, 5.41) is 6.31. The summed E-state index contributed by atoms with van der Waals surface area (Å²) in [4.78, 5) is 12.7. The highest BCUT2D eigenvalue weighted by atomic mass is 19.4. The number of hydrogen-bond donors (Lipinski definition) is 2. The second-order valence-electron chi connectivity index (χ2n) is 8.17. The predicted molar refractivity (Wildman–Crippen MR) is 121 cm³/mol. The van der Waals surface area contributed by atoms with Crippen molar-refractivity contribution in [1.29, 1.82) is 0 Å². The lowest BCUT2D eigenvalue weighted by molar-refractivity contribution is -0.137. The minimum Gasteiger partial charge on any atom is -0.358 e. The number of benzene rings is 2. The summed E-state index contributed by atoms with van der Waals surface area (Å²) in [7, 11) is 1.63. The van der Waals surface area contributed by atoms with E-state index in [1.165, 1.54) is 12.1 Å². The Bertz CT molecular complexity index is 964. The third-order valence-electron chi connectivity index (χ3n) is 5.80. The van der Waals surface area contributed by atoms with Crippen molar-refractivity contribution < 1.29 is 18.0 Å². The van der Waals surface area contributed by atoms with Gasteiger partial charge in [0.05, 0.1) is 11.6 Å². The number of allylic oxidation sites excluding steroid dienone is 3. The molecule has 0 aliphatic heterocycles. The summed E-state index contributed by atoms with van der Waals surface area (Å²) in [6.07, 6.45) is 5.67. The van der Waals surface area contributed by atoms with E-state index < -0.39 is 17.8 Å². The van der Waals surface area contributed by atoms with Crippen LogP contribution in [0.1, 0.15) is 41.1 Å². The van der Waals surface area contributed by atoms with Crippen molar-refractivity contribution >= 4 is 5.91 Å². The predicted octanol–water partition coefficient (Wildman–Crippen LogP) is 5.52. The molecule has 0 radical (unpaired) electrons. The second kappa shape index (κ2) is 10.6. The summed E-state index contributed by atoms with van der Waals surface area (Å²) in [5.41, 5.74) is 2.35. The van der Waals surface area contributed by atoms with E-state index in [4.69, 9.17) is 0 Å². The van der Waals surface area contributed by atoms with Crippen LogP contribution in [0.25, 0.3) is 0 Å². The molecular weight excluding hydrogens is 413 g/mol. The van der Waals surface area contributed by atoms with Crippen LogP contribution in [0.2, 0.25) is 0 Å². The fourth-order valence-corrected chi connectivity index (χ4v) is 4.02. The van der Waals surface area contributed by atoms with Gasteiger partial charge in [0.25, 0.3) is 0 Å². The van der Waals surface area contributed by atoms with Crippen LogP contribution in [0.15, 0.2) is 72.8 Å². The number of rotatable bonds is 8. The molecule has 0 saturated carbocycles. The third-order valence-corrected chi connectivity index (χ3v) is 5.80. The first kappa shape index (κ1) is 23.8. The minimum absolute atomic E-state index is 0.0262. The number of halogens is 3. The molecule has 0 heterocycles. The van der Waals surface area contributed by atoms with Crippen molar-refractivity contribution in [2.24, 2.45) is 5.92 Å². The maximum absolute atomic E-state index is 12.9. The smallest absolute Gasteiger partial charge is 0.358 e. The normalized spacial score (nSPS) is 17.7. The summed E-state index contributed by atoms with van der Waals surface area (Å²) >= 11 is 0. The molecule has 2 aromatic carbocycles. The first-order valence-electron chi connectivity index (χ1n) is 10.8. The number of hydrogen-bond acceptors (Lipinski definition) is 2. The molecule has 1 unspecified atom stereocenters. The molecule has 3 rings (SSSR count). The standard InChI is InChI=1S/C26H29F3N2O/c1-18-7-6-10-21(17-18)23(16-13-19-11-14-22(15-12-19)26(27,28)29)31-24(25(32)30-2)20-8-4-3-5-9-20/h3-8,10-12,14-15,17,20,23-24,31H,9,13,16H2,1-2H3,(H,30,32)/t20?,23-,24+/m0/s1. The van der Waals surface area contributed by atoms with E-state index >= 15 is 0 Å². The quantitative estimate of drug-likeness (QED) is 0.565. The molecule has 2 N–H and O–H groups in total. The molecule has 0 aromatic heterocycles. The largest absolute Gasteiger partial charge is 0.416 e. The van der Waals surface area contributed by atoms with Gasteiger partial charge in [-0.25, -0.2) is 0 Å². The van der Waals surface area contributed by atoms with Crippen LogP contribution in [0, 0.1) is 12.8 Å². The van der Waals surface area contributed by atoms with Crippen molar-refractivity contribution in [3.63, 3.8) is 0 Å². The fourth-order valence-electron chi connectivity index (χ4n) is 4.02. The van der Waals surface area contributed by atoms with Crippen LogP contribution >= 0.6 is 0 Å². The molecule has 1 amide bonds. The van der Waals surface area contributed by atoms with E-state index in [2.05, 4.69) is 16.7 Å². The number of alkyl halides is 3. The van der Waals surface area contributed by atoms with Gasteiger partial charge in [0.15, 0.2) is 0 Å². The van der Waals surface area contributed by atoms with E-state index in [9.17, 15) is 18.0 Å². The maximum atomic E-state index is 12.9. The molecule has 0 saturated heterocycles. The SMILES string of the molecule is CNC(=O)[C@H](N[C@@H](CCc1ccc(C(F)(F)F)cc1)c1cccc(C)c1)C1C=CC=CC1. The van der Waals surface area contributed by atoms with Crippen molar-refractivity contribution in [3.05, 3.63) is 95.1 Å². The zero-order chi connectivity index (χ0) is 23.1. The summed E-state index contributed by atoms with van der Waals surface area (Å²) in [5.74, 6) is -0.0551. The van der Waals surface area contributed by atoms with E-state index in [0.717, 1.165) is 35.2 Å². The number of carbonyl (C=O) groups is 1. The molecule has 170 valence electrons. The van der Waals surface area contributed by atoms with Gasteiger partial charge in [-0.1, -0.05) is 66.3 Å². The Morgan fingerprint density at radius 1 is 1.12 bits per heavy atom. The van der Waals surface area contributed by atoms with E-state index in [0.29, 0.717) is 12.8 Å². The van der Waals surface area contributed by atoms with Gasteiger partial charge in [0.2, 0.25) is 5.91 Å². The Hall–Kier alpha value is -2.86. The average molecular weight is 443 g/mol. The first-order chi connectivity index (χ1) is 15.3. The average Bonchev–Trinajstić information content (AvgIpc) is 2.79. The highest BCUT2D eigenvalue weighted by molar-refractivity contribution is 5.82. The van der Waals surface area contributed by atoms with Crippen LogP contribution in [-0.4, -0.2) is 19.0 Å². The van der Waals surface area contributed by atoms with Crippen molar-refractivity contribution in [1.82, 2.24) is 10.6 Å². The lowest BCUT2D eigenvalue weighted by Crippen LogP contribution is -2.48. The van der Waals surface area contributed by atoms with Gasteiger partial charge in [0, 0.05) is 19.0 Å². The van der Waals surface area contributed by atoms with Crippen LogP contribution in [-0.2, 0) is 17.4 Å². The van der Waals surface area contributed by atoms with Crippen LogP contribution in [0.3, 0.4) is 0 Å². The molecule has 6 heteroatoms. The Morgan fingerprint density at radius 3 is 2.47 bits per heavy atom. The van der Waals surface area contributed by atoms with Crippen LogP contribution in [0.5, 0.6) is 0 Å². The van der Waals surface area contributed by atoms with Crippen molar-refractivity contribution in [3.8, 4) is 0 Å². The molecule has 0 bridgehead atoms. The number of likely N-dealkylation sites (N-methyl/N-ethyl adjacent to an activating group) is 1. The maximum Gasteiger partial charge on any atom is 0.416 e. The molecule has 0 fully saturated rings. The second-order valence-corrected chi connectivity index (χ2v) is 8.17. The van der Waals surface area contributed by atoms with Crippen LogP contribution in [0.4, 0.5) is 13.2 Å². The topological polar surface area (TPSA) is 41.1 Å². The van der Waals surface area contributed by atoms with E-state index in [1.807, 2.05) is 49.4 Å². The monoisotopic (exact) mass is 442 g/mol. The van der Waals surface area contributed by atoms with Gasteiger partial charge in [-0.2, -0.15) is 13.2 Å². The van der Waals surface area contributed by atoms with E-state index in [-0.39, 0.29) is 17.9 Å². The number of carbonyl (C=O) groups excluding carboxylic acids is 1. The highest BCUT2D eigenvalue weighted by Crippen LogP contribution is 2.30. The number of nitrogens with one attached hydrogen (secondary N) is 2. The molecule has 0 spiro atoms. The van der Waals surface area contributed by atoms with Gasteiger partial charge in [-0.05, 0) is 49.4 Å². The molecule has 3 atom stereocenters. The first-order valence-corrected chi connectivity index (χ1v) is 10.8. The molecule has 1 aliphatic carbocycles. The van der Waals surface area contributed by atoms with Gasteiger partial charge in [-0.3, -0.25) is 10.1 Å². The lowest BCUT2D eigenvalue weighted by atomic mass is 9.89. The van der Waals surface area contributed by atoms with Crippen molar-refractivity contribution in [2.45, 2.75) is 44.4 Å². The zero-order valence-electron chi connectivity index (χ0n) is 18.3. The Kier molecular flexibility index (Phi) is 7.91. The van der Waals surface area contributed by atoms with Crippen molar-refractivity contribution in [2.75, 3.05) is 7.05 Å². The lowest BCUT2D eigenvalue weighted by Gasteiger charge is -2.30. The van der Waals surface area contributed by atoms with E-state index in [1.54, 1.807) is 7.05 Å². The highest BCUT2D eigenvalue weighted by Gasteiger charge is 2.30. The van der Waals surface area contributed by atoms with Gasteiger partial charge >= 0.3 is 6.18 Å². The minimum atomic E-state index is -4.34. The third kappa shape index (κ3) is 6.33. The summed E-state index contributed by atoms with van der Waals surface area (Å²) in [6.45, 7) is 2.02. The zero-order valence-corrected chi connectivity index (χ0v) is 18.3. The summed E-state index contributed by atoms with van der Waals surface area (Å²) < 4.78 is 38.6. The molecule has 3 nitrogen and oxygen atoms in total. The summed E-state index contributed by atoms with van der Waals surface area (Å²) in [6, 6.07) is 12.9. The fraction of sp³-hybridized carbons (Fsp3) is 0.346. The number of aryl methyl sites for hydroxylation is 2. The molecular formula is C26H29F3N2O. The number of amides is 1. The Labute approximate surface area is 187 Å². The Balaban J connectivity index is 1.81. The van der Waals surface area contributed by atoms with Gasteiger partial charge < -0.3 is 5.32 Å². The molecule has 1 aliphatic rings. The van der Waals surface area contributed by atoms with Gasteiger partial charge in [0.1, 0.15) is 0 Å².